The maximum Gasteiger partial charge on any atom is 0.244 e. The van der Waals surface area contributed by atoms with Crippen molar-refractivity contribution in [3.05, 3.63) is 63.1 Å². The molecule has 0 saturated heterocycles. The third-order valence-electron chi connectivity index (χ3n) is 5.28. The molecule has 0 saturated carbocycles. The monoisotopic (exact) mass is 513 g/mol. The van der Waals surface area contributed by atoms with Gasteiger partial charge in [-0.2, -0.15) is 0 Å². The lowest BCUT2D eigenvalue weighted by molar-refractivity contribution is -0.140. The van der Waals surface area contributed by atoms with Crippen LogP contribution in [0.3, 0.4) is 0 Å². The van der Waals surface area contributed by atoms with E-state index < -0.39 is 28.5 Å². The zero-order valence-electron chi connectivity index (χ0n) is 19.4. The van der Waals surface area contributed by atoms with Crippen molar-refractivity contribution in [2.75, 3.05) is 24.2 Å². The van der Waals surface area contributed by atoms with Crippen molar-refractivity contribution >= 4 is 50.7 Å². The van der Waals surface area contributed by atoms with Crippen LogP contribution in [0, 0.1) is 13.8 Å². The van der Waals surface area contributed by atoms with E-state index in [1.165, 1.54) is 11.9 Å². The predicted octanol–water partition coefficient (Wildman–Crippen LogP) is 3.93. The van der Waals surface area contributed by atoms with E-state index in [2.05, 4.69) is 5.32 Å². The molecule has 0 spiro atoms. The first-order chi connectivity index (χ1) is 15.4. The average molecular weight is 514 g/mol. The molecule has 0 unspecified atom stereocenters. The van der Waals surface area contributed by atoms with Gasteiger partial charge in [-0.05, 0) is 55.2 Å². The molecule has 2 rings (SSSR count). The Hall–Kier alpha value is -2.29. The highest BCUT2D eigenvalue weighted by atomic mass is 35.5. The van der Waals surface area contributed by atoms with E-state index in [1.54, 1.807) is 44.2 Å². The summed E-state index contributed by atoms with van der Waals surface area (Å²) in [7, 11) is -2.29. The summed E-state index contributed by atoms with van der Waals surface area (Å²) in [5.41, 5.74) is 2.67. The van der Waals surface area contributed by atoms with Crippen LogP contribution in [0.15, 0.2) is 36.4 Å². The Kier molecular flexibility index (Phi) is 9.17. The van der Waals surface area contributed by atoms with Gasteiger partial charge in [-0.25, -0.2) is 8.42 Å². The number of nitrogens with one attached hydrogen (secondary N) is 1. The van der Waals surface area contributed by atoms with Crippen molar-refractivity contribution in [3.63, 3.8) is 0 Å². The van der Waals surface area contributed by atoms with Crippen LogP contribution < -0.4 is 9.62 Å². The summed E-state index contributed by atoms with van der Waals surface area (Å²) in [6.07, 6.45) is 1.40. The number of nitrogens with zero attached hydrogens (tertiary/aromatic N) is 2. The first-order valence-corrected chi connectivity index (χ1v) is 13.0. The lowest BCUT2D eigenvalue weighted by Gasteiger charge is -2.33. The molecule has 0 aliphatic rings. The average Bonchev–Trinajstić information content (AvgIpc) is 2.75. The summed E-state index contributed by atoms with van der Waals surface area (Å²) in [6, 6.07) is 9.56. The van der Waals surface area contributed by atoms with Crippen LogP contribution in [0.1, 0.15) is 30.0 Å². The number of halogens is 2. The van der Waals surface area contributed by atoms with Gasteiger partial charge in [0.15, 0.2) is 0 Å². The van der Waals surface area contributed by atoms with Gasteiger partial charge >= 0.3 is 0 Å². The molecule has 0 aliphatic carbocycles. The molecule has 0 fully saturated rings. The van der Waals surface area contributed by atoms with Crippen LogP contribution >= 0.6 is 23.2 Å². The van der Waals surface area contributed by atoms with Crippen LogP contribution in [0.25, 0.3) is 0 Å². The molecule has 0 radical (unpaired) electrons. The summed E-state index contributed by atoms with van der Waals surface area (Å²) in [6.45, 7) is 5.03. The predicted molar refractivity (Wildman–Crippen MR) is 133 cm³/mol. The summed E-state index contributed by atoms with van der Waals surface area (Å²) < 4.78 is 26.4. The first-order valence-electron chi connectivity index (χ1n) is 10.4. The quantitative estimate of drug-likeness (QED) is 0.550. The number of benzene rings is 2. The fourth-order valence-corrected chi connectivity index (χ4v) is 4.72. The molecule has 1 N–H and O–H groups in total. The van der Waals surface area contributed by atoms with Gasteiger partial charge in [-0.15, -0.1) is 0 Å². The Morgan fingerprint density at radius 3 is 2.27 bits per heavy atom. The molecule has 0 heterocycles. The molecule has 0 aromatic heterocycles. The number of aryl methyl sites for hydroxylation is 2. The highest BCUT2D eigenvalue weighted by molar-refractivity contribution is 7.92. The Labute approximate surface area is 205 Å². The van der Waals surface area contributed by atoms with E-state index in [1.807, 2.05) is 13.0 Å². The second-order valence-electron chi connectivity index (χ2n) is 7.87. The number of rotatable bonds is 9. The van der Waals surface area contributed by atoms with Crippen molar-refractivity contribution in [3.8, 4) is 0 Å². The fraction of sp³-hybridized carbons (Fsp3) is 0.391. The zero-order valence-corrected chi connectivity index (χ0v) is 21.7. The summed E-state index contributed by atoms with van der Waals surface area (Å²) in [5.74, 6) is -0.855. The van der Waals surface area contributed by atoms with E-state index in [9.17, 15) is 18.0 Å². The minimum absolute atomic E-state index is 0.0616. The van der Waals surface area contributed by atoms with Crippen LogP contribution in [-0.4, -0.2) is 51.0 Å². The second kappa shape index (κ2) is 11.2. The fourth-order valence-electron chi connectivity index (χ4n) is 3.50. The molecule has 2 amide bonds. The van der Waals surface area contributed by atoms with Crippen molar-refractivity contribution in [2.24, 2.45) is 0 Å². The molecule has 7 nitrogen and oxygen atoms in total. The number of amides is 2. The molecule has 2 aromatic rings. The zero-order chi connectivity index (χ0) is 24.9. The summed E-state index contributed by atoms with van der Waals surface area (Å²) in [5, 5.41) is 3.27. The van der Waals surface area contributed by atoms with Crippen molar-refractivity contribution < 1.29 is 18.0 Å². The van der Waals surface area contributed by atoms with E-state index in [4.69, 9.17) is 23.2 Å². The van der Waals surface area contributed by atoms with Gasteiger partial charge in [0, 0.05) is 13.6 Å². The molecular weight excluding hydrogens is 485 g/mol. The van der Waals surface area contributed by atoms with Gasteiger partial charge < -0.3 is 10.2 Å². The van der Waals surface area contributed by atoms with Gasteiger partial charge in [-0.1, -0.05) is 48.3 Å². The number of hydrogen-bond acceptors (Lipinski definition) is 4. The first kappa shape index (κ1) is 27.0. The number of carbonyl (C=O) groups excluding carboxylic acids is 2. The van der Waals surface area contributed by atoms with Crippen LogP contribution in [0.5, 0.6) is 0 Å². The maximum absolute atomic E-state index is 13.5. The van der Waals surface area contributed by atoms with Crippen molar-refractivity contribution in [1.82, 2.24) is 10.2 Å². The van der Waals surface area contributed by atoms with Gasteiger partial charge in [0.25, 0.3) is 0 Å². The smallest absolute Gasteiger partial charge is 0.244 e. The largest absolute Gasteiger partial charge is 0.357 e. The Bertz CT molecular complexity index is 1140. The molecule has 0 bridgehead atoms. The number of sulfonamides is 1. The van der Waals surface area contributed by atoms with Gasteiger partial charge in [0.1, 0.15) is 12.6 Å². The molecule has 33 heavy (non-hydrogen) atoms. The Morgan fingerprint density at radius 2 is 1.73 bits per heavy atom. The number of hydrogen-bond donors (Lipinski definition) is 1. The maximum atomic E-state index is 13.5. The summed E-state index contributed by atoms with van der Waals surface area (Å²) >= 11 is 12.1. The molecule has 2 aromatic carbocycles. The topological polar surface area (TPSA) is 86.8 Å². The van der Waals surface area contributed by atoms with Crippen LogP contribution in [0.4, 0.5) is 5.69 Å². The highest BCUT2D eigenvalue weighted by Gasteiger charge is 2.31. The standard InChI is InChI=1S/C23H29Cl2N3O4S/c1-6-20(23(30)26-4)27(13-17-9-10-18(24)19(25)12-17)22(29)14-28(33(5,31)32)21-11-15(2)7-8-16(21)3/h7-12,20H,6,13-14H2,1-5H3,(H,26,30)/t20-/m1/s1. The SMILES string of the molecule is CC[C@H](C(=O)NC)N(Cc1ccc(Cl)c(Cl)c1)C(=O)CN(c1cc(C)ccc1C)S(C)(=O)=O. The molecular formula is C23H29Cl2N3O4S. The van der Waals surface area contributed by atoms with Gasteiger partial charge in [0.05, 0.1) is 22.0 Å². The minimum atomic E-state index is -3.78. The van der Waals surface area contributed by atoms with Gasteiger partial charge in [0.2, 0.25) is 21.8 Å². The minimum Gasteiger partial charge on any atom is -0.357 e. The number of anilines is 1. The molecule has 180 valence electrons. The summed E-state index contributed by atoms with van der Waals surface area (Å²) in [4.78, 5) is 27.5. The highest BCUT2D eigenvalue weighted by Crippen LogP contribution is 2.26. The van der Waals surface area contributed by atoms with Crippen molar-refractivity contribution in [2.45, 2.75) is 39.8 Å². The second-order valence-corrected chi connectivity index (χ2v) is 10.6. The van der Waals surface area contributed by atoms with Crippen LogP contribution in [0.2, 0.25) is 10.0 Å². The van der Waals surface area contributed by atoms with E-state index in [0.29, 0.717) is 33.3 Å². The Morgan fingerprint density at radius 1 is 1.06 bits per heavy atom. The molecule has 10 heteroatoms. The van der Waals surface area contributed by atoms with Crippen LogP contribution in [-0.2, 0) is 26.2 Å². The molecule has 0 aliphatic heterocycles. The normalized spacial score (nSPS) is 12.2. The van der Waals surface area contributed by atoms with Gasteiger partial charge in [-0.3, -0.25) is 13.9 Å². The van der Waals surface area contributed by atoms with E-state index in [0.717, 1.165) is 16.1 Å². The van der Waals surface area contributed by atoms with E-state index >= 15 is 0 Å². The molecule has 1 atom stereocenters. The van der Waals surface area contributed by atoms with Crippen molar-refractivity contribution in [1.29, 1.82) is 0 Å². The van der Waals surface area contributed by atoms with E-state index in [-0.39, 0.29) is 12.5 Å². The third-order valence-corrected chi connectivity index (χ3v) is 7.15. The number of likely N-dealkylation sites (N-methyl/N-ethyl adjacent to an activating group) is 1. The Balaban J connectivity index is 2.49. The lowest BCUT2D eigenvalue weighted by atomic mass is 10.1. The number of carbonyl (C=O) groups is 2. The lowest BCUT2D eigenvalue weighted by Crippen LogP contribution is -2.51. The third kappa shape index (κ3) is 6.85.